The van der Waals surface area contributed by atoms with Crippen molar-refractivity contribution in [1.29, 1.82) is 0 Å². The highest BCUT2D eigenvalue weighted by Crippen LogP contribution is 2.33. The zero-order valence-electron chi connectivity index (χ0n) is 16.5. The van der Waals surface area contributed by atoms with E-state index in [0.29, 0.717) is 11.1 Å². The minimum atomic E-state index is -0.438. The first-order valence-corrected chi connectivity index (χ1v) is 9.77. The minimum Gasteiger partial charge on any atom is -0.449 e. The van der Waals surface area contributed by atoms with Gasteiger partial charge >= 0.3 is 0 Å². The van der Waals surface area contributed by atoms with Gasteiger partial charge in [0.2, 0.25) is 11.6 Å². The van der Waals surface area contributed by atoms with Gasteiger partial charge in [-0.25, -0.2) is 0 Å². The van der Waals surface area contributed by atoms with Gasteiger partial charge in [0, 0.05) is 34.4 Å². The average molecular weight is 422 g/mol. The number of Topliss-reactive ketones (excluding diaryl/α,β-unsaturated/α-hetero) is 2. The molecule has 0 saturated carbocycles. The van der Waals surface area contributed by atoms with Crippen molar-refractivity contribution in [2.45, 2.75) is 0 Å². The van der Waals surface area contributed by atoms with E-state index in [-0.39, 0.29) is 45.7 Å². The third kappa shape index (κ3) is 3.24. The molecule has 0 amide bonds. The second-order valence-corrected chi connectivity index (χ2v) is 7.15. The van der Waals surface area contributed by atoms with Crippen LogP contribution in [-0.2, 0) is 0 Å². The normalized spacial score (nSPS) is 14.9. The van der Waals surface area contributed by atoms with E-state index in [9.17, 15) is 19.2 Å². The summed E-state index contributed by atoms with van der Waals surface area (Å²) in [6.45, 7) is 0. The molecule has 0 atom stereocenters. The number of ether oxygens (including phenoxy) is 2. The van der Waals surface area contributed by atoms with E-state index in [1.807, 2.05) is 0 Å². The molecular formula is C26H14O6. The summed E-state index contributed by atoms with van der Waals surface area (Å²) in [4.78, 5) is 50.4. The predicted molar refractivity (Wildman–Crippen MR) is 114 cm³/mol. The molecule has 0 bridgehead atoms. The summed E-state index contributed by atoms with van der Waals surface area (Å²) >= 11 is 0. The molecule has 0 spiro atoms. The highest BCUT2D eigenvalue weighted by atomic mass is 16.5. The first kappa shape index (κ1) is 19.4. The van der Waals surface area contributed by atoms with Crippen LogP contribution in [0.15, 0.2) is 96.5 Å². The summed E-state index contributed by atoms with van der Waals surface area (Å²) in [6, 6.07) is 19.4. The molecule has 32 heavy (non-hydrogen) atoms. The maximum atomic E-state index is 12.8. The molecule has 0 unspecified atom stereocenters. The van der Waals surface area contributed by atoms with Crippen molar-refractivity contribution in [2.24, 2.45) is 0 Å². The van der Waals surface area contributed by atoms with Crippen LogP contribution in [0.5, 0.6) is 11.5 Å². The first-order chi connectivity index (χ1) is 15.5. The van der Waals surface area contributed by atoms with E-state index >= 15 is 0 Å². The lowest BCUT2D eigenvalue weighted by molar-refractivity contribution is 0.0938. The van der Waals surface area contributed by atoms with Gasteiger partial charge in [0.1, 0.15) is 0 Å². The third-order valence-electron chi connectivity index (χ3n) is 5.14. The Morgan fingerprint density at radius 3 is 1.19 bits per heavy atom. The fourth-order valence-electron chi connectivity index (χ4n) is 3.59. The predicted octanol–water partition coefficient (Wildman–Crippen LogP) is 4.37. The summed E-state index contributed by atoms with van der Waals surface area (Å²) in [5.41, 5.74) is 1.12. The van der Waals surface area contributed by atoms with Gasteiger partial charge in [-0.15, -0.1) is 0 Å². The Hall–Kier alpha value is -4.58. The fraction of sp³-hybridized carbons (Fsp3) is 0. The van der Waals surface area contributed by atoms with Crippen molar-refractivity contribution in [1.82, 2.24) is 0 Å². The molecule has 0 aliphatic heterocycles. The molecule has 6 nitrogen and oxygen atoms in total. The quantitative estimate of drug-likeness (QED) is 0.621. The second-order valence-electron chi connectivity index (χ2n) is 7.15. The van der Waals surface area contributed by atoms with Crippen molar-refractivity contribution in [3.8, 4) is 11.5 Å². The molecule has 2 aliphatic rings. The Labute approximate surface area is 182 Å². The van der Waals surface area contributed by atoms with Gasteiger partial charge in [0.05, 0.1) is 0 Å². The summed E-state index contributed by atoms with van der Waals surface area (Å²) in [5.74, 6) is -1.63. The van der Waals surface area contributed by atoms with Crippen LogP contribution in [0.3, 0.4) is 0 Å². The van der Waals surface area contributed by atoms with Crippen LogP contribution < -0.4 is 9.47 Å². The molecule has 6 heteroatoms. The molecule has 2 aliphatic carbocycles. The number of hydrogen-bond donors (Lipinski definition) is 0. The highest BCUT2D eigenvalue weighted by Gasteiger charge is 2.29. The number of fused-ring (bicyclic) bond motifs is 2. The summed E-state index contributed by atoms with van der Waals surface area (Å²) < 4.78 is 11.5. The molecule has 154 valence electrons. The van der Waals surface area contributed by atoms with Crippen LogP contribution in [0.4, 0.5) is 0 Å². The molecule has 0 heterocycles. The molecule has 0 fully saturated rings. The fourth-order valence-corrected chi connectivity index (χ4v) is 3.59. The van der Waals surface area contributed by atoms with Crippen molar-refractivity contribution in [3.05, 3.63) is 119 Å². The van der Waals surface area contributed by atoms with Crippen molar-refractivity contribution < 1.29 is 28.7 Å². The highest BCUT2D eigenvalue weighted by molar-refractivity contribution is 6.24. The summed E-state index contributed by atoms with van der Waals surface area (Å²) in [7, 11) is 0. The van der Waals surface area contributed by atoms with Gasteiger partial charge in [0.25, 0.3) is 0 Å². The van der Waals surface area contributed by atoms with Crippen LogP contribution in [0.25, 0.3) is 0 Å². The zero-order valence-corrected chi connectivity index (χ0v) is 16.5. The van der Waals surface area contributed by atoms with Crippen LogP contribution in [-0.4, -0.2) is 23.1 Å². The van der Waals surface area contributed by atoms with E-state index in [1.165, 1.54) is 12.1 Å². The SMILES string of the molecule is O=C1C=C(Oc2ccccc2OC2=CC(=O)c3ccccc3C2=O)C(=O)c2ccccc21. The van der Waals surface area contributed by atoms with Crippen LogP contribution in [0.2, 0.25) is 0 Å². The smallest absolute Gasteiger partial charge is 0.229 e. The number of allylic oxidation sites excluding steroid dienone is 4. The Morgan fingerprint density at radius 1 is 0.438 bits per heavy atom. The zero-order chi connectivity index (χ0) is 22.2. The lowest BCUT2D eigenvalue weighted by atomic mass is 9.93. The maximum Gasteiger partial charge on any atom is 0.229 e. The first-order valence-electron chi connectivity index (χ1n) is 9.77. The van der Waals surface area contributed by atoms with E-state index < -0.39 is 11.6 Å². The number of benzene rings is 3. The van der Waals surface area contributed by atoms with E-state index in [4.69, 9.17) is 9.47 Å². The average Bonchev–Trinajstić information content (AvgIpc) is 2.82. The molecule has 3 aromatic rings. The third-order valence-corrected chi connectivity index (χ3v) is 5.14. The largest absolute Gasteiger partial charge is 0.449 e. The molecule has 3 aromatic carbocycles. The van der Waals surface area contributed by atoms with E-state index in [1.54, 1.807) is 60.7 Å². The Kier molecular flexibility index (Phi) is 4.60. The maximum absolute atomic E-state index is 12.8. The van der Waals surface area contributed by atoms with Gasteiger partial charge < -0.3 is 9.47 Å². The second kappa shape index (κ2) is 7.59. The molecule has 0 radical (unpaired) electrons. The van der Waals surface area contributed by atoms with Crippen molar-refractivity contribution in [3.63, 3.8) is 0 Å². The van der Waals surface area contributed by atoms with Crippen LogP contribution in [0, 0.1) is 0 Å². The molecular weight excluding hydrogens is 408 g/mol. The summed E-state index contributed by atoms with van der Waals surface area (Å²) in [6.07, 6.45) is 2.26. The molecule has 5 rings (SSSR count). The standard InChI is InChI=1S/C26H14O6/c27-19-13-23(25(29)17-9-3-1-7-15(17)19)31-21-11-5-6-12-22(21)32-24-14-20(28)16-8-2-4-10-18(16)26(24)30/h1-14H. The molecule has 0 N–H and O–H groups in total. The van der Waals surface area contributed by atoms with Crippen LogP contribution in [0.1, 0.15) is 41.4 Å². The Balaban J connectivity index is 1.45. The van der Waals surface area contributed by atoms with Crippen molar-refractivity contribution >= 4 is 23.1 Å². The van der Waals surface area contributed by atoms with Gasteiger partial charge in [-0.1, -0.05) is 60.7 Å². The number of carbonyl (C=O) groups excluding carboxylic acids is 4. The topological polar surface area (TPSA) is 86.7 Å². The van der Waals surface area contributed by atoms with Gasteiger partial charge in [0.15, 0.2) is 34.6 Å². The molecule has 0 aromatic heterocycles. The monoisotopic (exact) mass is 422 g/mol. The Morgan fingerprint density at radius 2 is 0.781 bits per heavy atom. The minimum absolute atomic E-state index is 0.124. The number of hydrogen-bond acceptors (Lipinski definition) is 6. The summed E-state index contributed by atoms with van der Waals surface area (Å²) in [5, 5.41) is 0. The number of carbonyl (C=O) groups is 4. The van der Waals surface area contributed by atoms with Gasteiger partial charge in [-0.2, -0.15) is 0 Å². The van der Waals surface area contributed by atoms with Crippen LogP contribution >= 0.6 is 0 Å². The lowest BCUT2D eigenvalue weighted by Gasteiger charge is -2.19. The van der Waals surface area contributed by atoms with Gasteiger partial charge in [-0.3, -0.25) is 19.2 Å². The number of para-hydroxylation sites is 2. The Bertz CT molecular complexity index is 1290. The van der Waals surface area contributed by atoms with E-state index in [0.717, 1.165) is 12.2 Å². The van der Waals surface area contributed by atoms with Gasteiger partial charge in [-0.05, 0) is 12.1 Å². The van der Waals surface area contributed by atoms with E-state index in [2.05, 4.69) is 0 Å². The van der Waals surface area contributed by atoms with Crippen molar-refractivity contribution in [2.75, 3.05) is 0 Å². The molecule has 0 saturated heterocycles. The number of rotatable bonds is 4. The lowest BCUT2D eigenvalue weighted by Crippen LogP contribution is -2.21. The number of ketones is 4.